The number of aryl methyl sites for hydroxylation is 1. The van der Waals surface area contributed by atoms with Crippen LogP contribution in [0.15, 0.2) is 24.3 Å². The van der Waals surface area contributed by atoms with Crippen LogP contribution in [-0.4, -0.2) is 4.33 Å². The standard InChI is InChI=1S/C16H19Cl2F3/c1-14(2,9-13-10-15(13,17)18)8-7-11-3-5-12(6-4-11)16(19,20)21/h3-6,13H,7-10H2,1-2H3. The summed E-state index contributed by atoms with van der Waals surface area (Å²) >= 11 is 12.1. The van der Waals surface area contributed by atoms with Gasteiger partial charge >= 0.3 is 6.18 Å². The second-order valence-corrected chi connectivity index (χ2v) is 8.27. The predicted octanol–water partition coefficient (Wildman–Crippen LogP) is 6.25. The number of hydrogen-bond acceptors (Lipinski definition) is 0. The van der Waals surface area contributed by atoms with Crippen molar-refractivity contribution in [3.8, 4) is 0 Å². The highest BCUT2D eigenvalue weighted by Crippen LogP contribution is 2.58. The maximum absolute atomic E-state index is 12.5. The Labute approximate surface area is 133 Å². The second-order valence-electron chi connectivity index (χ2n) is 6.73. The van der Waals surface area contributed by atoms with Gasteiger partial charge in [-0.25, -0.2) is 0 Å². The first-order valence-electron chi connectivity index (χ1n) is 7.04. The van der Waals surface area contributed by atoms with Crippen molar-refractivity contribution in [2.75, 3.05) is 0 Å². The highest BCUT2D eigenvalue weighted by Gasteiger charge is 2.52. The second kappa shape index (κ2) is 5.66. The Morgan fingerprint density at radius 1 is 1.14 bits per heavy atom. The van der Waals surface area contributed by atoms with Gasteiger partial charge in [0.05, 0.1) is 5.56 Å². The van der Waals surface area contributed by atoms with Crippen molar-refractivity contribution in [1.82, 2.24) is 0 Å². The molecule has 0 bridgehead atoms. The Hall–Kier alpha value is -0.410. The zero-order valence-electron chi connectivity index (χ0n) is 12.1. The van der Waals surface area contributed by atoms with E-state index in [4.69, 9.17) is 23.2 Å². The molecule has 21 heavy (non-hydrogen) atoms. The molecule has 0 saturated heterocycles. The summed E-state index contributed by atoms with van der Waals surface area (Å²) in [5.41, 5.74) is 0.409. The van der Waals surface area contributed by atoms with E-state index >= 15 is 0 Å². The molecular formula is C16H19Cl2F3. The van der Waals surface area contributed by atoms with Crippen molar-refractivity contribution in [1.29, 1.82) is 0 Å². The summed E-state index contributed by atoms with van der Waals surface area (Å²) < 4.78 is 36.9. The van der Waals surface area contributed by atoms with Crippen LogP contribution in [0.1, 0.15) is 44.2 Å². The first kappa shape index (κ1) is 17.0. The number of alkyl halides is 5. The van der Waals surface area contributed by atoms with Gasteiger partial charge in [-0.05, 0) is 54.7 Å². The Balaban J connectivity index is 1.87. The lowest BCUT2D eigenvalue weighted by Gasteiger charge is -2.25. The molecule has 5 heteroatoms. The molecule has 1 aromatic rings. The van der Waals surface area contributed by atoms with Gasteiger partial charge in [-0.1, -0.05) is 26.0 Å². The summed E-state index contributed by atoms with van der Waals surface area (Å²) in [5.74, 6) is 0.337. The van der Waals surface area contributed by atoms with Crippen LogP contribution < -0.4 is 0 Å². The molecule has 1 fully saturated rings. The van der Waals surface area contributed by atoms with Gasteiger partial charge in [-0.15, -0.1) is 23.2 Å². The molecule has 1 aromatic carbocycles. The van der Waals surface area contributed by atoms with Crippen molar-refractivity contribution in [3.05, 3.63) is 35.4 Å². The minimum atomic E-state index is -4.27. The monoisotopic (exact) mass is 338 g/mol. The highest BCUT2D eigenvalue weighted by atomic mass is 35.5. The van der Waals surface area contributed by atoms with Gasteiger partial charge in [0.25, 0.3) is 0 Å². The molecule has 0 N–H and O–H groups in total. The zero-order valence-corrected chi connectivity index (χ0v) is 13.6. The third-order valence-electron chi connectivity index (χ3n) is 4.13. The Bertz CT molecular complexity index is 489. The largest absolute Gasteiger partial charge is 0.416 e. The molecule has 1 aliphatic rings. The van der Waals surface area contributed by atoms with Gasteiger partial charge in [0.1, 0.15) is 4.33 Å². The van der Waals surface area contributed by atoms with Gasteiger partial charge in [0.15, 0.2) is 0 Å². The first-order chi connectivity index (χ1) is 9.50. The van der Waals surface area contributed by atoms with Crippen LogP contribution in [0.25, 0.3) is 0 Å². The molecule has 0 spiro atoms. The molecule has 0 aromatic heterocycles. The molecule has 1 saturated carbocycles. The fourth-order valence-electron chi connectivity index (χ4n) is 2.60. The predicted molar refractivity (Wildman–Crippen MR) is 80.7 cm³/mol. The SMILES string of the molecule is CC(C)(CCc1ccc(C(F)(F)F)cc1)CC1CC1(Cl)Cl. The van der Waals surface area contributed by atoms with Crippen molar-refractivity contribution < 1.29 is 13.2 Å². The third kappa shape index (κ3) is 4.79. The lowest BCUT2D eigenvalue weighted by atomic mass is 9.81. The summed E-state index contributed by atoms with van der Waals surface area (Å²) in [4.78, 5) is 0. The molecule has 0 heterocycles. The van der Waals surface area contributed by atoms with Crippen molar-refractivity contribution in [2.45, 2.75) is 50.0 Å². The molecule has 0 radical (unpaired) electrons. The average Bonchev–Trinajstić information content (AvgIpc) is 2.92. The van der Waals surface area contributed by atoms with Gasteiger partial charge in [-0.2, -0.15) is 13.2 Å². The average molecular weight is 339 g/mol. The van der Waals surface area contributed by atoms with Crippen LogP contribution in [-0.2, 0) is 12.6 Å². The minimum absolute atomic E-state index is 0.0822. The topological polar surface area (TPSA) is 0 Å². The zero-order chi connectivity index (χ0) is 15.9. The Morgan fingerprint density at radius 2 is 1.67 bits per heavy atom. The lowest BCUT2D eigenvalue weighted by Crippen LogP contribution is -2.15. The number of halogens is 5. The minimum Gasteiger partial charge on any atom is -0.166 e. The summed E-state index contributed by atoms with van der Waals surface area (Å²) in [5, 5.41) is 0. The lowest BCUT2D eigenvalue weighted by molar-refractivity contribution is -0.137. The van der Waals surface area contributed by atoms with E-state index in [1.807, 2.05) is 0 Å². The van der Waals surface area contributed by atoms with Gasteiger partial charge < -0.3 is 0 Å². The van der Waals surface area contributed by atoms with Crippen LogP contribution in [0.2, 0.25) is 0 Å². The number of rotatable bonds is 5. The van der Waals surface area contributed by atoms with Crippen LogP contribution in [0, 0.1) is 11.3 Å². The van der Waals surface area contributed by atoms with E-state index in [2.05, 4.69) is 13.8 Å². The van der Waals surface area contributed by atoms with Crippen LogP contribution in [0.4, 0.5) is 13.2 Å². The summed E-state index contributed by atoms with van der Waals surface area (Å²) in [6.45, 7) is 4.30. The Morgan fingerprint density at radius 3 is 2.10 bits per heavy atom. The maximum atomic E-state index is 12.5. The Kier molecular flexibility index (Phi) is 4.57. The van der Waals surface area contributed by atoms with E-state index in [-0.39, 0.29) is 5.41 Å². The molecule has 0 nitrogen and oxygen atoms in total. The molecule has 1 atom stereocenters. The molecular weight excluding hydrogens is 320 g/mol. The number of hydrogen-bond donors (Lipinski definition) is 0. The van der Waals surface area contributed by atoms with Crippen molar-refractivity contribution in [3.63, 3.8) is 0 Å². The van der Waals surface area contributed by atoms with E-state index in [1.165, 1.54) is 0 Å². The van der Waals surface area contributed by atoms with Crippen LogP contribution >= 0.6 is 23.2 Å². The summed E-state index contributed by atoms with van der Waals surface area (Å²) in [7, 11) is 0. The van der Waals surface area contributed by atoms with Gasteiger partial charge in [-0.3, -0.25) is 0 Å². The maximum Gasteiger partial charge on any atom is 0.416 e. The van der Waals surface area contributed by atoms with E-state index in [1.54, 1.807) is 12.1 Å². The van der Waals surface area contributed by atoms with Crippen molar-refractivity contribution >= 4 is 23.2 Å². The molecule has 1 unspecified atom stereocenters. The van der Waals surface area contributed by atoms with Gasteiger partial charge in [0.2, 0.25) is 0 Å². The number of benzene rings is 1. The van der Waals surface area contributed by atoms with E-state index in [0.29, 0.717) is 5.92 Å². The smallest absolute Gasteiger partial charge is 0.166 e. The molecule has 0 aliphatic heterocycles. The molecule has 118 valence electrons. The fourth-order valence-corrected chi connectivity index (χ4v) is 3.13. The van der Waals surface area contributed by atoms with E-state index in [0.717, 1.165) is 43.4 Å². The first-order valence-corrected chi connectivity index (χ1v) is 7.79. The van der Waals surface area contributed by atoms with E-state index in [9.17, 15) is 13.2 Å². The molecule has 0 amide bonds. The third-order valence-corrected chi connectivity index (χ3v) is 5.05. The summed E-state index contributed by atoms with van der Waals surface area (Å²) in [6, 6.07) is 5.41. The quantitative estimate of drug-likeness (QED) is 0.556. The normalized spacial score (nSPS) is 21.4. The molecule has 2 rings (SSSR count). The summed E-state index contributed by atoms with van der Waals surface area (Å²) in [6.07, 6.45) is -0.831. The van der Waals surface area contributed by atoms with Crippen LogP contribution in [0.3, 0.4) is 0 Å². The van der Waals surface area contributed by atoms with Crippen molar-refractivity contribution in [2.24, 2.45) is 11.3 Å². The fraction of sp³-hybridized carbons (Fsp3) is 0.625. The molecule has 1 aliphatic carbocycles. The van der Waals surface area contributed by atoms with Gasteiger partial charge in [0, 0.05) is 0 Å². The van der Waals surface area contributed by atoms with Crippen LogP contribution in [0.5, 0.6) is 0 Å². The van der Waals surface area contributed by atoms with E-state index < -0.39 is 16.1 Å². The highest BCUT2D eigenvalue weighted by molar-refractivity contribution is 6.50.